The van der Waals surface area contributed by atoms with Gasteiger partial charge in [0.25, 0.3) is 5.56 Å². The molecule has 1 aliphatic rings. The lowest BCUT2D eigenvalue weighted by Crippen LogP contribution is -2.30. The summed E-state index contributed by atoms with van der Waals surface area (Å²) in [5.41, 5.74) is 1.82. The molecule has 2 N–H and O–H groups in total. The normalized spacial score (nSPS) is 14.8. The molecule has 5 nitrogen and oxygen atoms in total. The van der Waals surface area contributed by atoms with E-state index in [9.17, 15) is 18.4 Å². The maximum atomic E-state index is 13.9. The number of aromatic amines is 1. The van der Waals surface area contributed by atoms with Crippen LogP contribution in [0.5, 0.6) is 0 Å². The lowest BCUT2D eigenvalue weighted by atomic mass is 10.1. The number of hydrogen-bond acceptors (Lipinski definition) is 3. The van der Waals surface area contributed by atoms with E-state index in [0.29, 0.717) is 17.0 Å². The highest BCUT2D eigenvalue weighted by atomic mass is 19.1. The Labute approximate surface area is 159 Å². The number of aromatic nitrogens is 2. The van der Waals surface area contributed by atoms with Gasteiger partial charge in [-0.3, -0.25) is 14.6 Å². The van der Waals surface area contributed by atoms with E-state index >= 15 is 0 Å². The predicted molar refractivity (Wildman–Crippen MR) is 101 cm³/mol. The third kappa shape index (κ3) is 3.65. The van der Waals surface area contributed by atoms with Crippen LogP contribution in [0.25, 0.3) is 10.9 Å². The Kier molecular flexibility index (Phi) is 4.66. The first-order chi connectivity index (χ1) is 13.4. The van der Waals surface area contributed by atoms with Crippen LogP contribution < -0.4 is 10.9 Å². The van der Waals surface area contributed by atoms with E-state index in [1.165, 1.54) is 6.07 Å². The van der Waals surface area contributed by atoms with Crippen LogP contribution in [0.15, 0.2) is 41.3 Å². The highest BCUT2D eigenvalue weighted by Crippen LogP contribution is 2.41. The van der Waals surface area contributed by atoms with Crippen molar-refractivity contribution < 1.29 is 13.6 Å². The highest BCUT2D eigenvalue weighted by molar-refractivity contribution is 5.84. The lowest BCUT2D eigenvalue weighted by Gasteiger charge is -2.15. The van der Waals surface area contributed by atoms with Gasteiger partial charge in [0.15, 0.2) is 0 Å². The van der Waals surface area contributed by atoms with Crippen LogP contribution in [0.2, 0.25) is 0 Å². The quantitative estimate of drug-likeness (QED) is 0.708. The second-order valence-electron chi connectivity index (χ2n) is 7.19. The second-order valence-corrected chi connectivity index (χ2v) is 7.19. The number of nitrogens with one attached hydrogen (secondary N) is 2. The third-order valence-corrected chi connectivity index (χ3v) is 5.00. The number of benzene rings is 1. The molecular weight excluding hydrogens is 364 g/mol. The molecule has 0 saturated heterocycles. The number of H-pyrrole nitrogens is 1. The Morgan fingerprint density at radius 3 is 2.79 bits per heavy atom. The molecule has 7 heteroatoms. The van der Waals surface area contributed by atoms with Gasteiger partial charge < -0.3 is 10.3 Å². The molecule has 1 aliphatic carbocycles. The number of pyridine rings is 2. The maximum absolute atomic E-state index is 13.9. The van der Waals surface area contributed by atoms with Crippen LogP contribution in [0, 0.1) is 11.6 Å². The molecule has 0 bridgehead atoms. The lowest BCUT2D eigenvalue weighted by molar-refractivity contribution is -0.121. The molecule has 2 heterocycles. The zero-order chi connectivity index (χ0) is 19.8. The van der Waals surface area contributed by atoms with Gasteiger partial charge in [-0.15, -0.1) is 0 Å². The van der Waals surface area contributed by atoms with Crippen LogP contribution in [0.3, 0.4) is 0 Å². The number of carbonyl (C=O) groups is 1. The minimum absolute atomic E-state index is 0.141. The molecule has 1 atom stereocenters. The summed E-state index contributed by atoms with van der Waals surface area (Å²) in [6.45, 7) is 1.61. The minimum Gasteiger partial charge on any atom is -0.349 e. The van der Waals surface area contributed by atoms with Gasteiger partial charge >= 0.3 is 0 Å². The first-order valence-electron chi connectivity index (χ1n) is 9.17. The summed E-state index contributed by atoms with van der Waals surface area (Å²) >= 11 is 0. The van der Waals surface area contributed by atoms with Crippen LogP contribution in [-0.2, 0) is 11.2 Å². The predicted octanol–water partition coefficient (Wildman–Crippen LogP) is 3.50. The number of amides is 1. The van der Waals surface area contributed by atoms with E-state index in [-0.39, 0.29) is 17.5 Å². The summed E-state index contributed by atoms with van der Waals surface area (Å²) in [5.74, 6) is -1.42. The van der Waals surface area contributed by atoms with E-state index in [1.54, 1.807) is 25.3 Å². The largest absolute Gasteiger partial charge is 0.349 e. The summed E-state index contributed by atoms with van der Waals surface area (Å²) in [5, 5.41) is 3.51. The summed E-state index contributed by atoms with van der Waals surface area (Å²) < 4.78 is 26.9. The van der Waals surface area contributed by atoms with Crippen molar-refractivity contribution in [3.63, 3.8) is 0 Å². The molecule has 1 aromatic carbocycles. The zero-order valence-corrected chi connectivity index (χ0v) is 15.3. The molecule has 28 heavy (non-hydrogen) atoms. The third-order valence-electron chi connectivity index (χ3n) is 5.00. The Bertz CT molecular complexity index is 1120. The number of carbonyl (C=O) groups excluding carboxylic acids is 1. The summed E-state index contributed by atoms with van der Waals surface area (Å²) in [7, 11) is 0. The van der Waals surface area contributed by atoms with Gasteiger partial charge in [0, 0.05) is 34.7 Å². The molecule has 2 aromatic heterocycles. The van der Waals surface area contributed by atoms with Crippen LogP contribution >= 0.6 is 0 Å². The second kappa shape index (κ2) is 7.14. The SMILES string of the molecule is C[C@H](NC(=O)Cc1cc2c(C3CC3)nccc2[nH]c1=O)c1ccc(F)cc1F. The van der Waals surface area contributed by atoms with E-state index < -0.39 is 23.6 Å². The van der Waals surface area contributed by atoms with Gasteiger partial charge in [0.1, 0.15) is 11.6 Å². The molecule has 1 fully saturated rings. The average Bonchev–Trinajstić information content (AvgIpc) is 3.46. The van der Waals surface area contributed by atoms with Crippen molar-refractivity contribution in [2.24, 2.45) is 0 Å². The first-order valence-corrected chi connectivity index (χ1v) is 9.17. The van der Waals surface area contributed by atoms with Gasteiger partial charge in [-0.05, 0) is 38.0 Å². The molecule has 1 amide bonds. The van der Waals surface area contributed by atoms with Gasteiger partial charge in [0.2, 0.25) is 5.91 Å². The molecule has 0 aliphatic heterocycles. The van der Waals surface area contributed by atoms with Crippen molar-refractivity contribution in [3.8, 4) is 0 Å². The van der Waals surface area contributed by atoms with Crippen molar-refractivity contribution in [1.82, 2.24) is 15.3 Å². The Morgan fingerprint density at radius 1 is 1.29 bits per heavy atom. The fraction of sp³-hybridized carbons (Fsp3) is 0.286. The molecular formula is C21H19F2N3O2. The van der Waals surface area contributed by atoms with E-state index in [1.807, 2.05) is 0 Å². The standard InChI is InChI=1S/C21H19F2N3O2/c1-11(15-5-4-14(22)10-17(15)23)25-19(27)9-13-8-16-18(26-21(13)28)6-7-24-20(16)12-2-3-12/h4-8,10-12H,2-3,9H2,1H3,(H,25,27)(H,26,28)/t11-/m0/s1. The fourth-order valence-electron chi connectivity index (χ4n) is 3.40. The van der Waals surface area contributed by atoms with Crippen molar-refractivity contribution in [3.05, 3.63) is 75.3 Å². The number of rotatable bonds is 5. The Morgan fingerprint density at radius 2 is 2.07 bits per heavy atom. The van der Waals surface area contributed by atoms with Gasteiger partial charge in [-0.1, -0.05) is 6.07 Å². The van der Waals surface area contributed by atoms with E-state index in [0.717, 1.165) is 36.1 Å². The number of fused-ring (bicyclic) bond motifs is 1. The van der Waals surface area contributed by atoms with Gasteiger partial charge in [0.05, 0.1) is 23.7 Å². The average molecular weight is 383 g/mol. The van der Waals surface area contributed by atoms with Crippen LogP contribution in [-0.4, -0.2) is 15.9 Å². The van der Waals surface area contributed by atoms with Crippen LogP contribution in [0.4, 0.5) is 8.78 Å². The fourth-order valence-corrected chi connectivity index (χ4v) is 3.40. The molecule has 1 saturated carbocycles. The zero-order valence-electron chi connectivity index (χ0n) is 15.3. The van der Waals surface area contributed by atoms with E-state index in [2.05, 4.69) is 15.3 Å². The monoisotopic (exact) mass is 383 g/mol. The van der Waals surface area contributed by atoms with Crippen LogP contribution in [0.1, 0.15) is 48.5 Å². The smallest absolute Gasteiger partial charge is 0.252 e. The van der Waals surface area contributed by atoms with Gasteiger partial charge in [-0.25, -0.2) is 8.78 Å². The van der Waals surface area contributed by atoms with Crippen molar-refractivity contribution in [2.45, 2.75) is 38.1 Å². The summed E-state index contributed by atoms with van der Waals surface area (Å²) in [6.07, 6.45) is 3.68. The minimum atomic E-state index is -0.725. The van der Waals surface area contributed by atoms with Crippen molar-refractivity contribution in [1.29, 1.82) is 0 Å². The highest BCUT2D eigenvalue weighted by Gasteiger charge is 2.27. The summed E-state index contributed by atoms with van der Waals surface area (Å²) in [6, 6.07) is 6.02. The molecule has 0 radical (unpaired) electrons. The Hall–Kier alpha value is -3.09. The van der Waals surface area contributed by atoms with Crippen molar-refractivity contribution >= 4 is 16.8 Å². The molecule has 3 aromatic rings. The maximum Gasteiger partial charge on any atom is 0.252 e. The first kappa shape index (κ1) is 18.3. The molecule has 4 rings (SSSR count). The number of nitrogens with zero attached hydrogens (tertiary/aromatic N) is 1. The van der Waals surface area contributed by atoms with E-state index in [4.69, 9.17) is 0 Å². The summed E-state index contributed by atoms with van der Waals surface area (Å²) in [4.78, 5) is 32.0. The topological polar surface area (TPSA) is 74.8 Å². The Balaban J connectivity index is 1.55. The van der Waals surface area contributed by atoms with Crippen molar-refractivity contribution in [2.75, 3.05) is 0 Å². The molecule has 0 unspecified atom stereocenters. The molecule has 0 spiro atoms. The molecule has 144 valence electrons. The number of hydrogen-bond donors (Lipinski definition) is 2. The van der Waals surface area contributed by atoms with Gasteiger partial charge in [-0.2, -0.15) is 0 Å². The number of halogens is 2.